The molecule has 0 aliphatic heterocycles. The highest BCUT2D eigenvalue weighted by atomic mass is 15.0. The summed E-state index contributed by atoms with van der Waals surface area (Å²) >= 11 is 0. The SMILES string of the molecule is c1ccc(-c2nc(-c3ccc(-n4c5ccccc5c5c6c(c7ccccc7c7c6c6ccccc6n7-c6ccccc6)c6ccccc6c54)cc3)c3cccnc3n2)cc1. The first kappa shape index (κ1) is 32.9. The van der Waals surface area contributed by atoms with Gasteiger partial charge in [-0.2, -0.15) is 0 Å². The summed E-state index contributed by atoms with van der Waals surface area (Å²) < 4.78 is 4.95. The van der Waals surface area contributed by atoms with Crippen LogP contribution in [0.4, 0.5) is 0 Å². The zero-order chi connectivity index (χ0) is 39.3. The third kappa shape index (κ3) is 4.60. The number of hydrogen-bond acceptors (Lipinski definition) is 3. The van der Waals surface area contributed by atoms with Crippen LogP contribution in [0.1, 0.15) is 0 Å². The number of nitrogens with zero attached hydrogens (tertiary/aromatic N) is 5. The second-order valence-corrected chi connectivity index (χ2v) is 15.5. The van der Waals surface area contributed by atoms with Crippen molar-refractivity contribution in [2.24, 2.45) is 0 Å². The van der Waals surface area contributed by atoms with E-state index in [-0.39, 0.29) is 0 Å². The van der Waals surface area contributed by atoms with Crippen LogP contribution in [-0.2, 0) is 0 Å². The third-order valence-electron chi connectivity index (χ3n) is 12.3. The maximum absolute atomic E-state index is 5.15. The molecule has 0 spiro atoms. The van der Waals surface area contributed by atoms with Crippen molar-refractivity contribution in [2.45, 2.75) is 0 Å². The molecule has 5 nitrogen and oxygen atoms in total. The zero-order valence-corrected chi connectivity index (χ0v) is 32.3. The topological polar surface area (TPSA) is 48.5 Å². The molecule has 0 saturated heterocycles. The van der Waals surface area contributed by atoms with Crippen LogP contribution in [0.2, 0.25) is 0 Å². The van der Waals surface area contributed by atoms with E-state index in [4.69, 9.17) is 9.97 Å². The number of rotatable bonds is 4. The molecule has 13 rings (SSSR count). The molecule has 0 radical (unpaired) electrons. The van der Waals surface area contributed by atoms with Crippen LogP contribution < -0.4 is 0 Å². The van der Waals surface area contributed by atoms with Gasteiger partial charge in [-0.1, -0.05) is 146 Å². The van der Waals surface area contributed by atoms with Gasteiger partial charge >= 0.3 is 0 Å². The molecule has 0 saturated carbocycles. The molecule has 5 heteroatoms. The Balaban J connectivity index is 1.16. The molecule has 278 valence electrons. The molecule has 60 heavy (non-hydrogen) atoms. The van der Waals surface area contributed by atoms with Gasteiger partial charge in [-0.05, 0) is 64.7 Å². The van der Waals surface area contributed by atoms with Crippen molar-refractivity contribution in [1.29, 1.82) is 0 Å². The number of hydrogen-bond donors (Lipinski definition) is 0. The third-order valence-corrected chi connectivity index (χ3v) is 12.3. The van der Waals surface area contributed by atoms with Crippen LogP contribution in [0, 0.1) is 0 Å². The fourth-order valence-electron chi connectivity index (χ4n) is 9.88. The predicted molar refractivity (Wildman–Crippen MR) is 249 cm³/mol. The van der Waals surface area contributed by atoms with Gasteiger partial charge in [0, 0.05) is 71.8 Å². The molecule has 0 amide bonds. The van der Waals surface area contributed by atoms with Gasteiger partial charge in [-0.25, -0.2) is 15.0 Å². The van der Waals surface area contributed by atoms with Crippen molar-refractivity contribution >= 4 is 87.0 Å². The second kappa shape index (κ2) is 12.7. The Kier molecular flexibility index (Phi) is 6.95. The summed E-state index contributed by atoms with van der Waals surface area (Å²) in [6.07, 6.45) is 1.79. The average Bonchev–Trinajstić information content (AvgIpc) is 3.86. The predicted octanol–water partition coefficient (Wildman–Crippen LogP) is 14.0. The molecule has 4 heterocycles. The highest BCUT2D eigenvalue weighted by Crippen LogP contribution is 2.50. The molecule has 0 N–H and O–H groups in total. The first-order valence-electron chi connectivity index (χ1n) is 20.4. The van der Waals surface area contributed by atoms with E-state index in [1.165, 1.54) is 70.4 Å². The smallest absolute Gasteiger partial charge is 0.163 e. The highest BCUT2D eigenvalue weighted by Gasteiger charge is 2.26. The quantitative estimate of drug-likeness (QED) is 0.168. The van der Waals surface area contributed by atoms with Crippen LogP contribution >= 0.6 is 0 Å². The molecule has 0 unspecified atom stereocenters. The summed E-state index contributed by atoms with van der Waals surface area (Å²) in [6.45, 7) is 0. The van der Waals surface area contributed by atoms with Crippen molar-refractivity contribution in [2.75, 3.05) is 0 Å². The maximum atomic E-state index is 5.15. The lowest BCUT2D eigenvalue weighted by Crippen LogP contribution is -1.98. The number of fused-ring (bicyclic) bond motifs is 16. The molecule has 0 bridgehead atoms. The Morgan fingerprint density at radius 3 is 1.40 bits per heavy atom. The van der Waals surface area contributed by atoms with Crippen molar-refractivity contribution in [3.63, 3.8) is 0 Å². The number of benzene rings is 9. The van der Waals surface area contributed by atoms with E-state index in [0.29, 0.717) is 11.5 Å². The summed E-state index contributed by atoms with van der Waals surface area (Å²) in [7, 11) is 0. The molecule has 13 aromatic rings. The summed E-state index contributed by atoms with van der Waals surface area (Å²) in [5, 5.41) is 13.4. The van der Waals surface area contributed by atoms with Gasteiger partial charge in [0.15, 0.2) is 11.5 Å². The molecular weight excluding hydrogens is 731 g/mol. The van der Waals surface area contributed by atoms with Crippen LogP contribution in [0.25, 0.3) is 121 Å². The van der Waals surface area contributed by atoms with Crippen LogP contribution in [0.3, 0.4) is 0 Å². The van der Waals surface area contributed by atoms with E-state index in [2.05, 4.69) is 172 Å². The Hall–Kier alpha value is -8.15. The van der Waals surface area contributed by atoms with Gasteiger partial charge in [0.1, 0.15) is 0 Å². The van der Waals surface area contributed by atoms with Crippen molar-refractivity contribution in [3.8, 4) is 34.0 Å². The van der Waals surface area contributed by atoms with Crippen LogP contribution in [-0.4, -0.2) is 24.1 Å². The average molecular weight is 764 g/mol. The van der Waals surface area contributed by atoms with Crippen LogP contribution in [0.15, 0.2) is 200 Å². The maximum Gasteiger partial charge on any atom is 0.163 e. The van der Waals surface area contributed by atoms with Crippen LogP contribution in [0.5, 0.6) is 0 Å². The Bertz CT molecular complexity index is 3860. The van der Waals surface area contributed by atoms with E-state index < -0.39 is 0 Å². The fraction of sp³-hybridized carbons (Fsp3) is 0. The number of aromatic nitrogens is 5. The molecule has 0 aliphatic carbocycles. The molecule has 0 aliphatic rings. The van der Waals surface area contributed by atoms with Gasteiger partial charge in [0.25, 0.3) is 0 Å². The zero-order valence-electron chi connectivity index (χ0n) is 32.3. The fourth-order valence-corrected chi connectivity index (χ4v) is 9.88. The standard InChI is InChI=1S/C55H33N5/c1-3-16-35(17-4-1)54-57-51(44-26-15-33-56-55(44)58-54)34-29-31-37(32-30-34)60-46-28-14-12-25-43(46)49-50-47(39-21-8-10-23-41(39)53(49)60)38-20-7-9-22-40(38)52-48(50)42-24-11-13-27-45(42)59(52)36-18-5-2-6-19-36/h1-33H. The van der Waals surface area contributed by atoms with Gasteiger partial charge in [0.05, 0.1) is 27.8 Å². The molecule has 0 fully saturated rings. The van der Waals surface area contributed by atoms with E-state index in [1.807, 2.05) is 36.4 Å². The van der Waals surface area contributed by atoms with Gasteiger partial charge in [0.2, 0.25) is 0 Å². The monoisotopic (exact) mass is 763 g/mol. The normalized spacial score (nSPS) is 12.0. The number of para-hydroxylation sites is 3. The minimum atomic E-state index is 0.661. The van der Waals surface area contributed by atoms with E-state index in [9.17, 15) is 0 Å². The summed E-state index contributed by atoms with van der Waals surface area (Å²) in [5.74, 6) is 0.661. The van der Waals surface area contributed by atoms with Crippen molar-refractivity contribution in [3.05, 3.63) is 200 Å². The van der Waals surface area contributed by atoms with E-state index >= 15 is 0 Å². The lowest BCUT2D eigenvalue weighted by atomic mass is 9.89. The minimum Gasteiger partial charge on any atom is -0.309 e. The van der Waals surface area contributed by atoms with Gasteiger partial charge in [-0.3, -0.25) is 0 Å². The first-order valence-corrected chi connectivity index (χ1v) is 20.4. The Labute approximate surface area is 344 Å². The van der Waals surface area contributed by atoms with E-state index in [0.717, 1.165) is 39.1 Å². The first-order chi connectivity index (χ1) is 29.8. The second-order valence-electron chi connectivity index (χ2n) is 15.5. The minimum absolute atomic E-state index is 0.661. The highest BCUT2D eigenvalue weighted by molar-refractivity contribution is 6.45. The molecule has 0 atom stereocenters. The summed E-state index contributed by atoms with van der Waals surface area (Å²) in [6, 6.07) is 69.6. The van der Waals surface area contributed by atoms with Gasteiger partial charge in [-0.15, -0.1) is 0 Å². The lowest BCUT2D eigenvalue weighted by Gasteiger charge is -2.16. The van der Waals surface area contributed by atoms with E-state index in [1.54, 1.807) is 6.20 Å². The largest absolute Gasteiger partial charge is 0.309 e. The Morgan fingerprint density at radius 2 is 0.800 bits per heavy atom. The Morgan fingerprint density at radius 1 is 0.317 bits per heavy atom. The lowest BCUT2D eigenvalue weighted by molar-refractivity contribution is 1.18. The molecule has 4 aromatic heterocycles. The van der Waals surface area contributed by atoms with Crippen molar-refractivity contribution < 1.29 is 0 Å². The number of pyridine rings is 1. The molecular formula is C55H33N5. The summed E-state index contributed by atoms with van der Waals surface area (Å²) in [5.41, 5.74) is 10.5. The molecule has 9 aromatic carbocycles. The van der Waals surface area contributed by atoms with Crippen molar-refractivity contribution in [1.82, 2.24) is 24.1 Å². The summed E-state index contributed by atoms with van der Waals surface area (Å²) in [4.78, 5) is 14.7. The van der Waals surface area contributed by atoms with Gasteiger partial charge < -0.3 is 9.13 Å².